The first-order valence-electron chi connectivity index (χ1n) is 8.68. The molecule has 1 saturated carbocycles. The highest BCUT2D eigenvalue weighted by Gasteiger charge is 2.27. The molecule has 23 heavy (non-hydrogen) atoms. The molecule has 2 fully saturated rings. The molecule has 0 bridgehead atoms. The minimum absolute atomic E-state index is 0.590. The molecule has 2 aromatic rings. The van der Waals surface area contributed by atoms with E-state index in [2.05, 4.69) is 44.3 Å². The van der Waals surface area contributed by atoms with Crippen LogP contribution in [0.5, 0.6) is 0 Å². The Bertz CT molecular complexity index is 661. The summed E-state index contributed by atoms with van der Waals surface area (Å²) in [6.45, 7) is 7.06. The van der Waals surface area contributed by atoms with Crippen molar-refractivity contribution in [1.82, 2.24) is 14.5 Å². The van der Waals surface area contributed by atoms with Gasteiger partial charge in [0.2, 0.25) is 0 Å². The Morgan fingerprint density at radius 2 is 1.96 bits per heavy atom. The lowest BCUT2D eigenvalue weighted by molar-refractivity contribution is 0.456. The Hall–Kier alpha value is -2.10. The van der Waals surface area contributed by atoms with E-state index in [4.69, 9.17) is 0 Å². The van der Waals surface area contributed by atoms with Crippen molar-refractivity contribution in [2.45, 2.75) is 38.1 Å². The molecule has 0 aromatic carbocycles. The number of aromatic nitrogens is 3. The molecule has 2 aliphatic rings. The predicted molar refractivity (Wildman–Crippen MR) is 93.5 cm³/mol. The van der Waals surface area contributed by atoms with E-state index in [1.54, 1.807) is 0 Å². The van der Waals surface area contributed by atoms with Crippen molar-refractivity contribution >= 4 is 11.9 Å². The van der Waals surface area contributed by atoms with Gasteiger partial charge < -0.3 is 9.47 Å². The molecule has 4 heteroatoms. The Morgan fingerprint density at radius 3 is 2.61 bits per heavy atom. The highest BCUT2D eigenvalue weighted by Crippen LogP contribution is 2.33. The highest BCUT2D eigenvalue weighted by molar-refractivity contribution is 5.49. The predicted octanol–water partition coefficient (Wildman–Crippen LogP) is 3.72. The smallest absolute Gasteiger partial charge is 0.128 e. The van der Waals surface area contributed by atoms with Crippen LogP contribution in [0.1, 0.15) is 43.0 Å². The fourth-order valence-corrected chi connectivity index (χ4v) is 3.49. The van der Waals surface area contributed by atoms with E-state index >= 15 is 0 Å². The standard InChI is InChI=1S/C19H24N4/c1-2-15-5-6-18(21-13-15)22-10-7-17(8-11-22)19-20-9-12-23(19)14-16-3-4-16/h2,5-6,9,12-13,16-17H,1,3-4,7-8,10-11,14H2. The number of hydrogen-bond donors (Lipinski definition) is 0. The second-order valence-corrected chi connectivity index (χ2v) is 6.80. The van der Waals surface area contributed by atoms with Crippen LogP contribution in [0.15, 0.2) is 37.3 Å². The van der Waals surface area contributed by atoms with E-state index in [1.165, 1.54) is 25.2 Å². The Labute approximate surface area is 137 Å². The maximum absolute atomic E-state index is 4.66. The molecule has 0 spiro atoms. The van der Waals surface area contributed by atoms with Gasteiger partial charge in [-0.1, -0.05) is 12.7 Å². The number of pyridine rings is 1. The molecular weight excluding hydrogens is 284 g/mol. The van der Waals surface area contributed by atoms with Gasteiger partial charge in [-0.15, -0.1) is 0 Å². The highest BCUT2D eigenvalue weighted by atomic mass is 15.2. The van der Waals surface area contributed by atoms with Gasteiger partial charge in [-0.25, -0.2) is 9.97 Å². The van der Waals surface area contributed by atoms with Crippen molar-refractivity contribution < 1.29 is 0 Å². The van der Waals surface area contributed by atoms with E-state index in [0.29, 0.717) is 5.92 Å². The monoisotopic (exact) mass is 308 g/mol. The van der Waals surface area contributed by atoms with Gasteiger partial charge in [0, 0.05) is 44.1 Å². The average Bonchev–Trinajstić information content (AvgIpc) is 3.31. The van der Waals surface area contributed by atoms with Gasteiger partial charge in [0.05, 0.1) is 0 Å². The summed E-state index contributed by atoms with van der Waals surface area (Å²) in [5.41, 5.74) is 1.07. The number of anilines is 1. The second-order valence-electron chi connectivity index (χ2n) is 6.80. The lowest BCUT2D eigenvalue weighted by Gasteiger charge is -2.32. The summed E-state index contributed by atoms with van der Waals surface area (Å²) in [6, 6.07) is 4.19. The second kappa shape index (κ2) is 6.19. The first-order valence-corrected chi connectivity index (χ1v) is 8.68. The van der Waals surface area contributed by atoms with Crippen LogP contribution in [-0.2, 0) is 6.54 Å². The third kappa shape index (κ3) is 3.16. The van der Waals surface area contributed by atoms with Crippen LogP contribution in [0.25, 0.3) is 6.08 Å². The number of nitrogens with zero attached hydrogens (tertiary/aromatic N) is 4. The summed E-state index contributed by atoms with van der Waals surface area (Å²) in [5, 5.41) is 0. The van der Waals surface area contributed by atoms with Crippen LogP contribution >= 0.6 is 0 Å². The van der Waals surface area contributed by atoms with Gasteiger partial charge in [-0.2, -0.15) is 0 Å². The number of imidazole rings is 1. The van der Waals surface area contributed by atoms with Crippen LogP contribution < -0.4 is 4.90 Å². The fraction of sp³-hybridized carbons (Fsp3) is 0.474. The first-order chi connectivity index (χ1) is 11.3. The molecule has 0 radical (unpaired) electrons. The molecule has 1 saturated heterocycles. The molecule has 1 aliphatic carbocycles. The molecule has 0 unspecified atom stereocenters. The summed E-state index contributed by atoms with van der Waals surface area (Å²) in [5.74, 6) is 3.87. The van der Waals surface area contributed by atoms with Crippen LogP contribution in [0, 0.1) is 5.92 Å². The van der Waals surface area contributed by atoms with Gasteiger partial charge in [-0.3, -0.25) is 0 Å². The maximum atomic E-state index is 4.66. The third-order valence-electron chi connectivity index (χ3n) is 5.09. The van der Waals surface area contributed by atoms with E-state index in [9.17, 15) is 0 Å². The zero-order chi connectivity index (χ0) is 15.6. The zero-order valence-electron chi connectivity index (χ0n) is 13.6. The minimum atomic E-state index is 0.590. The van der Waals surface area contributed by atoms with Gasteiger partial charge >= 0.3 is 0 Å². The topological polar surface area (TPSA) is 34.0 Å². The summed E-state index contributed by atoms with van der Waals surface area (Å²) in [7, 11) is 0. The lowest BCUT2D eigenvalue weighted by Crippen LogP contribution is -2.34. The Balaban J connectivity index is 1.40. The molecule has 3 heterocycles. The van der Waals surface area contributed by atoms with Crippen molar-refractivity contribution in [2.75, 3.05) is 18.0 Å². The summed E-state index contributed by atoms with van der Waals surface area (Å²) < 4.78 is 2.40. The molecule has 0 amide bonds. The summed E-state index contributed by atoms with van der Waals surface area (Å²) in [6.07, 6.45) is 13.0. The zero-order valence-corrected chi connectivity index (χ0v) is 13.6. The SMILES string of the molecule is C=Cc1ccc(N2CCC(c3nccn3CC3CC3)CC2)nc1. The van der Waals surface area contributed by atoms with Crippen molar-refractivity contribution in [1.29, 1.82) is 0 Å². The van der Waals surface area contributed by atoms with Gasteiger partial charge in [0.1, 0.15) is 11.6 Å². The Morgan fingerprint density at radius 1 is 1.13 bits per heavy atom. The molecule has 4 nitrogen and oxygen atoms in total. The maximum Gasteiger partial charge on any atom is 0.128 e. The fourth-order valence-electron chi connectivity index (χ4n) is 3.49. The molecule has 2 aromatic heterocycles. The van der Waals surface area contributed by atoms with Crippen LogP contribution in [-0.4, -0.2) is 27.6 Å². The summed E-state index contributed by atoms with van der Waals surface area (Å²) in [4.78, 5) is 11.6. The van der Waals surface area contributed by atoms with Crippen molar-refractivity contribution in [2.24, 2.45) is 5.92 Å². The first kappa shape index (κ1) is 14.5. The number of rotatable bonds is 5. The van der Waals surface area contributed by atoms with E-state index < -0.39 is 0 Å². The van der Waals surface area contributed by atoms with Crippen LogP contribution in [0.3, 0.4) is 0 Å². The third-order valence-corrected chi connectivity index (χ3v) is 5.09. The van der Waals surface area contributed by atoms with E-state index in [0.717, 1.165) is 43.2 Å². The molecule has 1 aliphatic heterocycles. The average molecular weight is 308 g/mol. The van der Waals surface area contributed by atoms with Gasteiger partial charge in [0.25, 0.3) is 0 Å². The molecule has 4 rings (SSSR count). The quantitative estimate of drug-likeness (QED) is 0.844. The normalized spacial score (nSPS) is 19.0. The van der Waals surface area contributed by atoms with E-state index in [1.807, 2.05) is 18.5 Å². The van der Waals surface area contributed by atoms with Crippen molar-refractivity contribution in [3.05, 3.63) is 48.7 Å². The molecular formula is C19H24N4. The van der Waals surface area contributed by atoms with E-state index in [-0.39, 0.29) is 0 Å². The van der Waals surface area contributed by atoms with Crippen molar-refractivity contribution in [3.8, 4) is 0 Å². The molecule has 0 atom stereocenters. The van der Waals surface area contributed by atoms with Crippen LogP contribution in [0.4, 0.5) is 5.82 Å². The van der Waals surface area contributed by atoms with Gasteiger partial charge in [-0.05, 0) is 49.3 Å². The van der Waals surface area contributed by atoms with Gasteiger partial charge in [0.15, 0.2) is 0 Å². The minimum Gasteiger partial charge on any atom is -0.357 e. The molecule has 0 N–H and O–H groups in total. The Kier molecular flexibility index (Phi) is 3.90. The molecule has 120 valence electrons. The summed E-state index contributed by atoms with van der Waals surface area (Å²) >= 11 is 0. The largest absolute Gasteiger partial charge is 0.357 e. The van der Waals surface area contributed by atoms with Crippen molar-refractivity contribution in [3.63, 3.8) is 0 Å². The number of hydrogen-bond acceptors (Lipinski definition) is 3. The number of piperidine rings is 1. The lowest BCUT2D eigenvalue weighted by atomic mass is 9.95. The van der Waals surface area contributed by atoms with Crippen LogP contribution in [0.2, 0.25) is 0 Å².